The molecule has 0 bridgehead atoms. The van der Waals surface area contributed by atoms with Gasteiger partial charge in [0, 0.05) is 0 Å². The van der Waals surface area contributed by atoms with Crippen LogP contribution in [0.5, 0.6) is 0 Å². The van der Waals surface area contributed by atoms with Gasteiger partial charge >= 0.3 is 6.18 Å². The molecule has 3 rings (SSSR count). The van der Waals surface area contributed by atoms with Gasteiger partial charge < -0.3 is 10.6 Å². The van der Waals surface area contributed by atoms with Crippen molar-refractivity contribution in [2.45, 2.75) is 12.6 Å². The number of benzene rings is 2. The highest BCUT2D eigenvalue weighted by atomic mass is 19.4. The van der Waals surface area contributed by atoms with E-state index in [4.69, 9.17) is 0 Å². The first-order chi connectivity index (χ1) is 13.3. The highest BCUT2D eigenvalue weighted by Gasteiger charge is 2.33. The molecule has 8 heteroatoms. The molecule has 0 radical (unpaired) electrons. The van der Waals surface area contributed by atoms with Gasteiger partial charge in [-0.2, -0.15) is 13.2 Å². The van der Waals surface area contributed by atoms with E-state index in [0.29, 0.717) is 11.3 Å². The molecular weight excluding hydrogens is 374 g/mol. The zero-order chi connectivity index (χ0) is 20.1. The van der Waals surface area contributed by atoms with Gasteiger partial charge in [0.25, 0.3) is 0 Å². The van der Waals surface area contributed by atoms with Crippen molar-refractivity contribution in [2.75, 3.05) is 10.6 Å². The van der Waals surface area contributed by atoms with Gasteiger partial charge in [0.1, 0.15) is 11.6 Å². The Hall–Kier alpha value is -3.42. The number of aromatic nitrogens is 1. The second kappa shape index (κ2) is 8.08. The van der Waals surface area contributed by atoms with Crippen LogP contribution in [0.2, 0.25) is 0 Å². The zero-order valence-electron chi connectivity index (χ0n) is 14.4. The Morgan fingerprint density at radius 2 is 1.68 bits per heavy atom. The topological polar surface area (TPSA) is 54.0 Å². The van der Waals surface area contributed by atoms with Crippen LogP contribution in [0.3, 0.4) is 0 Å². The molecule has 0 atom stereocenters. The molecule has 4 nitrogen and oxygen atoms in total. The lowest BCUT2D eigenvalue weighted by atomic mass is 10.1. The van der Waals surface area contributed by atoms with E-state index in [0.717, 1.165) is 6.07 Å². The van der Waals surface area contributed by atoms with E-state index < -0.39 is 11.7 Å². The van der Waals surface area contributed by atoms with Gasteiger partial charge in [0.05, 0.1) is 29.6 Å². The van der Waals surface area contributed by atoms with Gasteiger partial charge in [-0.3, -0.25) is 4.79 Å². The summed E-state index contributed by atoms with van der Waals surface area (Å²) in [7, 11) is 0. The minimum atomic E-state index is -4.48. The molecule has 1 heterocycles. The Balaban J connectivity index is 1.64. The summed E-state index contributed by atoms with van der Waals surface area (Å²) in [5.41, 5.74) is 0.103. The van der Waals surface area contributed by atoms with Crippen molar-refractivity contribution in [3.8, 4) is 0 Å². The van der Waals surface area contributed by atoms with E-state index in [1.165, 1.54) is 60.8 Å². The molecule has 0 aliphatic rings. The number of pyridine rings is 1. The molecule has 0 fully saturated rings. The zero-order valence-corrected chi connectivity index (χ0v) is 14.4. The number of alkyl halides is 3. The minimum Gasteiger partial charge on any atom is -0.354 e. The second-order valence-corrected chi connectivity index (χ2v) is 5.95. The summed E-state index contributed by atoms with van der Waals surface area (Å²) in [6.45, 7) is 0. The maximum Gasteiger partial charge on any atom is 0.418 e. The van der Waals surface area contributed by atoms with Crippen LogP contribution in [0.15, 0.2) is 66.9 Å². The van der Waals surface area contributed by atoms with Crippen molar-refractivity contribution in [1.29, 1.82) is 0 Å². The highest BCUT2D eigenvalue weighted by Crippen LogP contribution is 2.35. The van der Waals surface area contributed by atoms with Gasteiger partial charge in [0.2, 0.25) is 5.91 Å². The number of carbonyl (C=O) groups excluding carboxylic acids is 1. The van der Waals surface area contributed by atoms with Gasteiger partial charge in [-0.05, 0) is 42.0 Å². The third-order valence-electron chi connectivity index (χ3n) is 3.82. The largest absolute Gasteiger partial charge is 0.418 e. The van der Waals surface area contributed by atoms with Crippen LogP contribution in [0.25, 0.3) is 0 Å². The number of halogens is 4. The molecule has 0 aliphatic carbocycles. The van der Waals surface area contributed by atoms with Crippen molar-refractivity contribution in [1.82, 2.24) is 4.98 Å². The minimum absolute atomic E-state index is 0.0426. The average molecular weight is 389 g/mol. The Labute approximate surface area is 158 Å². The van der Waals surface area contributed by atoms with Crippen LogP contribution in [0.4, 0.5) is 34.8 Å². The molecule has 0 saturated carbocycles. The van der Waals surface area contributed by atoms with Gasteiger partial charge in [-0.15, -0.1) is 0 Å². The molecule has 1 aromatic heterocycles. The van der Waals surface area contributed by atoms with Gasteiger partial charge in [0.15, 0.2) is 0 Å². The maximum absolute atomic E-state index is 13.0. The first kappa shape index (κ1) is 19.3. The Kier molecular flexibility index (Phi) is 5.58. The molecule has 3 aromatic rings. The Bertz CT molecular complexity index is 954. The second-order valence-electron chi connectivity index (χ2n) is 5.95. The van der Waals surface area contributed by atoms with Crippen molar-refractivity contribution in [3.63, 3.8) is 0 Å². The smallest absolute Gasteiger partial charge is 0.354 e. The maximum atomic E-state index is 13.0. The number of rotatable bonds is 5. The molecule has 28 heavy (non-hydrogen) atoms. The summed E-state index contributed by atoms with van der Waals surface area (Å²) in [6.07, 6.45) is -3.12. The summed E-state index contributed by atoms with van der Waals surface area (Å²) >= 11 is 0. The van der Waals surface area contributed by atoms with E-state index >= 15 is 0 Å². The van der Waals surface area contributed by atoms with E-state index in [1.807, 2.05) is 0 Å². The third-order valence-corrected chi connectivity index (χ3v) is 3.82. The lowest BCUT2D eigenvalue weighted by Crippen LogP contribution is -2.15. The molecule has 2 aromatic carbocycles. The third kappa shape index (κ3) is 5.06. The van der Waals surface area contributed by atoms with E-state index in [9.17, 15) is 22.4 Å². The Morgan fingerprint density at radius 3 is 2.32 bits per heavy atom. The fraction of sp³-hybridized carbons (Fsp3) is 0.100. The summed E-state index contributed by atoms with van der Waals surface area (Å²) in [5.74, 6) is -0.481. The number of para-hydroxylation sites is 1. The number of carbonyl (C=O) groups is 1. The van der Waals surface area contributed by atoms with E-state index in [2.05, 4.69) is 15.6 Å². The lowest BCUT2D eigenvalue weighted by molar-refractivity contribution is -0.136. The molecule has 0 unspecified atom stereocenters. The van der Waals surface area contributed by atoms with E-state index in [1.54, 1.807) is 0 Å². The predicted molar refractivity (Wildman–Crippen MR) is 97.7 cm³/mol. The summed E-state index contributed by atoms with van der Waals surface area (Å²) in [6, 6.07) is 13.6. The Morgan fingerprint density at radius 1 is 0.964 bits per heavy atom. The van der Waals surface area contributed by atoms with Crippen molar-refractivity contribution >= 4 is 23.1 Å². The fourth-order valence-corrected chi connectivity index (χ4v) is 2.51. The van der Waals surface area contributed by atoms with Crippen LogP contribution in [-0.4, -0.2) is 10.9 Å². The SMILES string of the molecule is O=C(Cc1ccc(F)cc1)Nc1ccc(Nc2ccccc2C(F)(F)F)cn1. The number of anilines is 3. The predicted octanol–water partition coefficient (Wildman–Crippen LogP) is 5.16. The first-order valence-electron chi connectivity index (χ1n) is 8.25. The summed E-state index contributed by atoms with van der Waals surface area (Å²) in [5, 5.41) is 5.25. The highest BCUT2D eigenvalue weighted by molar-refractivity contribution is 5.91. The first-order valence-corrected chi connectivity index (χ1v) is 8.25. The molecule has 1 amide bonds. The molecule has 144 valence electrons. The average Bonchev–Trinajstić information content (AvgIpc) is 2.65. The van der Waals surface area contributed by atoms with Crippen molar-refractivity contribution < 1.29 is 22.4 Å². The lowest BCUT2D eigenvalue weighted by Gasteiger charge is -2.14. The van der Waals surface area contributed by atoms with Crippen molar-refractivity contribution in [2.24, 2.45) is 0 Å². The summed E-state index contributed by atoms with van der Waals surface area (Å²) in [4.78, 5) is 16.0. The van der Waals surface area contributed by atoms with Crippen LogP contribution in [-0.2, 0) is 17.4 Å². The number of amides is 1. The standard InChI is InChI=1S/C20H15F4N3O/c21-14-7-5-13(6-8-14)11-19(28)27-18-10-9-15(12-25-18)26-17-4-2-1-3-16(17)20(22,23)24/h1-10,12,26H,11H2,(H,25,27,28). The molecule has 0 saturated heterocycles. The monoisotopic (exact) mass is 389 g/mol. The molecular formula is C20H15F4N3O. The van der Waals surface area contributed by atoms with Crippen LogP contribution in [0.1, 0.15) is 11.1 Å². The van der Waals surface area contributed by atoms with E-state index in [-0.39, 0.29) is 29.7 Å². The summed E-state index contributed by atoms with van der Waals surface area (Å²) < 4.78 is 52.0. The molecule has 0 aliphatic heterocycles. The fourth-order valence-electron chi connectivity index (χ4n) is 2.51. The number of nitrogens with one attached hydrogen (secondary N) is 2. The van der Waals surface area contributed by atoms with Crippen LogP contribution >= 0.6 is 0 Å². The van der Waals surface area contributed by atoms with Crippen LogP contribution in [0, 0.1) is 5.82 Å². The number of hydrogen-bond acceptors (Lipinski definition) is 3. The quantitative estimate of drug-likeness (QED) is 0.593. The van der Waals surface area contributed by atoms with Crippen LogP contribution < -0.4 is 10.6 Å². The molecule has 0 spiro atoms. The number of nitrogens with zero attached hydrogens (tertiary/aromatic N) is 1. The number of hydrogen-bond donors (Lipinski definition) is 2. The normalized spacial score (nSPS) is 11.1. The van der Waals surface area contributed by atoms with Crippen molar-refractivity contribution in [3.05, 3.63) is 83.8 Å². The van der Waals surface area contributed by atoms with Gasteiger partial charge in [-0.25, -0.2) is 9.37 Å². The van der Waals surface area contributed by atoms with Gasteiger partial charge in [-0.1, -0.05) is 24.3 Å². The molecule has 2 N–H and O–H groups in total.